The van der Waals surface area contributed by atoms with Crippen LogP contribution in [0.1, 0.15) is 58.6 Å². The Morgan fingerprint density at radius 1 is 1.06 bits per heavy atom. The van der Waals surface area contributed by atoms with Crippen molar-refractivity contribution < 1.29 is 29.0 Å². The van der Waals surface area contributed by atoms with Crippen molar-refractivity contribution in [1.82, 2.24) is 4.90 Å². The summed E-state index contributed by atoms with van der Waals surface area (Å²) in [6.07, 6.45) is 4.46. The Hall–Kier alpha value is -3.95. The zero-order valence-electron chi connectivity index (χ0n) is 30.1. The van der Waals surface area contributed by atoms with E-state index in [1.807, 2.05) is 90.9 Å². The number of aryl methyl sites for hydroxylation is 2. The number of fused-ring (bicyclic) bond motifs is 1. The number of ether oxygens (including phenoxy) is 2. The van der Waals surface area contributed by atoms with Gasteiger partial charge in [-0.15, -0.1) is 13.2 Å². The van der Waals surface area contributed by atoms with E-state index in [-0.39, 0.29) is 49.3 Å². The standard InChI is InChI=1S/C40H53N3O6/c1-10-21-41(29-17-19-30(20-18-29)48-13-4)36(45)32-33-37(46)43(31(24-44)25(5)12-3)35(40(33)23-28(8)39(32,9)49-40)38(47)42(22-11-2)34-26(6)15-14-16-27(34)7/h10-11,14-20,25,28,31-33,35,44H,1-2,12-13,21-24H2,3-9H3/t25-,28?,31-,32-,33-,35?,39+,40?/m0/s1. The van der Waals surface area contributed by atoms with E-state index in [4.69, 9.17) is 9.47 Å². The number of likely N-dealkylation sites (tertiary alicyclic amines) is 1. The Morgan fingerprint density at radius 3 is 2.22 bits per heavy atom. The van der Waals surface area contributed by atoms with Gasteiger partial charge >= 0.3 is 0 Å². The van der Waals surface area contributed by atoms with Gasteiger partial charge in [0.15, 0.2) is 0 Å². The molecule has 2 bridgehead atoms. The molecule has 3 heterocycles. The molecule has 0 radical (unpaired) electrons. The number of aliphatic hydroxyl groups is 1. The molecule has 3 unspecified atom stereocenters. The van der Waals surface area contributed by atoms with E-state index in [9.17, 15) is 9.90 Å². The first-order chi connectivity index (χ1) is 23.4. The number of amides is 3. The maximum absolute atomic E-state index is 15.3. The second-order valence-electron chi connectivity index (χ2n) is 14.2. The summed E-state index contributed by atoms with van der Waals surface area (Å²) in [5, 5.41) is 10.9. The van der Waals surface area contributed by atoms with Crippen LogP contribution in [0.3, 0.4) is 0 Å². The van der Waals surface area contributed by atoms with Crippen molar-refractivity contribution in [3.05, 3.63) is 78.9 Å². The number of hydrogen-bond acceptors (Lipinski definition) is 6. The lowest BCUT2D eigenvalue weighted by atomic mass is 9.62. The summed E-state index contributed by atoms with van der Waals surface area (Å²) in [5.74, 6) is -2.24. The minimum absolute atomic E-state index is 0.118. The van der Waals surface area contributed by atoms with Crippen molar-refractivity contribution in [3.63, 3.8) is 0 Å². The zero-order valence-corrected chi connectivity index (χ0v) is 30.1. The van der Waals surface area contributed by atoms with Crippen LogP contribution in [0.2, 0.25) is 0 Å². The van der Waals surface area contributed by atoms with Gasteiger partial charge in [0.25, 0.3) is 5.91 Å². The molecule has 1 spiro atoms. The zero-order chi connectivity index (χ0) is 35.8. The molecule has 5 rings (SSSR count). The number of nitrogens with zero attached hydrogens (tertiary/aromatic N) is 3. The average Bonchev–Trinajstić information content (AvgIpc) is 3.59. The lowest BCUT2D eigenvalue weighted by Crippen LogP contribution is -2.60. The van der Waals surface area contributed by atoms with Gasteiger partial charge in [0, 0.05) is 24.5 Å². The van der Waals surface area contributed by atoms with Gasteiger partial charge < -0.3 is 29.3 Å². The fourth-order valence-corrected chi connectivity index (χ4v) is 8.81. The SMILES string of the molecule is C=CCN(C(=O)[C@@H]1[C@H]2C(=O)N([C@@H](CO)[C@@H](C)CC)C(C(=O)N(CC=C)c3c(C)cccc3C)C23CC(C)[C@@]1(C)O3)c1ccc(OCC)cc1. The number of carbonyl (C=O) groups excluding carboxylic acids is 3. The van der Waals surface area contributed by atoms with Crippen LogP contribution in [-0.4, -0.2) is 77.3 Å². The van der Waals surface area contributed by atoms with Crippen LogP contribution in [0.5, 0.6) is 5.75 Å². The summed E-state index contributed by atoms with van der Waals surface area (Å²) in [7, 11) is 0. The predicted molar refractivity (Wildman–Crippen MR) is 193 cm³/mol. The summed E-state index contributed by atoms with van der Waals surface area (Å²) < 4.78 is 12.7. The van der Waals surface area contributed by atoms with Gasteiger partial charge in [0.1, 0.15) is 17.4 Å². The first-order valence-corrected chi connectivity index (χ1v) is 17.6. The van der Waals surface area contributed by atoms with Crippen LogP contribution in [0, 0.1) is 37.5 Å². The lowest BCUT2D eigenvalue weighted by Gasteiger charge is -2.41. The topological polar surface area (TPSA) is 99.6 Å². The van der Waals surface area contributed by atoms with E-state index in [1.54, 1.807) is 26.9 Å². The molecule has 3 amide bonds. The number of rotatable bonds is 14. The van der Waals surface area contributed by atoms with E-state index in [0.29, 0.717) is 30.9 Å². The molecule has 3 saturated heterocycles. The molecule has 0 aliphatic carbocycles. The summed E-state index contributed by atoms with van der Waals surface area (Å²) in [4.78, 5) is 50.3. The molecule has 2 aromatic carbocycles. The highest BCUT2D eigenvalue weighted by Gasteiger charge is 2.80. The van der Waals surface area contributed by atoms with E-state index in [0.717, 1.165) is 16.8 Å². The fourth-order valence-electron chi connectivity index (χ4n) is 8.81. The number of para-hydroxylation sites is 1. The van der Waals surface area contributed by atoms with Crippen molar-refractivity contribution in [2.75, 3.05) is 36.1 Å². The van der Waals surface area contributed by atoms with Crippen molar-refractivity contribution in [3.8, 4) is 5.75 Å². The Bertz CT molecular complexity index is 1570. The van der Waals surface area contributed by atoms with Crippen LogP contribution in [0.25, 0.3) is 0 Å². The molecular weight excluding hydrogens is 618 g/mol. The predicted octanol–water partition coefficient (Wildman–Crippen LogP) is 5.86. The molecule has 3 fully saturated rings. The largest absolute Gasteiger partial charge is 0.494 e. The summed E-state index contributed by atoms with van der Waals surface area (Å²) in [6.45, 7) is 22.3. The smallest absolute Gasteiger partial charge is 0.253 e. The van der Waals surface area contributed by atoms with Crippen LogP contribution in [-0.2, 0) is 19.1 Å². The van der Waals surface area contributed by atoms with E-state index < -0.39 is 35.1 Å². The molecule has 3 aliphatic rings. The molecule has 9 nitrogen and oxygen atoms in total. The van der Waals surface area contributed by atoms with Gasteiger partial charge in [0.05, 0.1) is 36.7 Å². The fraction of sp³-hybridized carbons (Fsp3) is 0.525. The molecule has 264 valence electrons. The first-order valence-electron chi connectivity index (χ1n) is 17.6. The van der Waals surface area contributed by atoms with Crippen molar-refractivity contribution in [2.45, 2.75) is 84.6 Å². The monoisotopic (exact) mass is 671 g/mol. The summed E-state index contributed by atoms with van der Waals surface area (Å²) >= 11 is 0. The van der Waals surface area contributed by atoms with Gasteiger partial charge in [-0.2, -0.15) is 0 Å². The Morgan fingerprint density at radius 2 is 1.67 bits per heavy atom. The maximum atomic E-state index is 15.3. The van der Waals surface area contributed by atoms with Gasteiger partial charge in [-0.25, -0.2) is 0 Å². The molecule has 2 aromatic rings. The van der Waals surface area contributed by atoms with Crippen molar-refractivity contribution in [1.29, 1.82) is 0 Å². The van der Waals surface area contributed by atoms with Crippen molar-refractivity contribution in [2.24, 2.45) is 23.7 Å². The first kappa shape index (κ1) is 36.3. The normalized spacial score (nSPS) is 28.2. The van der Waals surface area contributed by atoms with Crippen LogP contribution >= 0.6 is 0 Å². The molecule has 8 atom stereocenters. The molecule has 0 saturated carbocycles. The van der Waals surface area contributed by atoms with Gasteiger partial charge in [-0.3, -0.25) is 14.4 Å². The van der Waals surface area contributed by atoms with Crippen molar-refractivity contribution >= 4 is 29.1 Å². The summed E-state index contributed by atoms with van der Waals surface area (Å²) in [6, 6.07) is 11.5. The van der Waals surface area contributed by atoms with E-state index >= 15 is 9.59 Å². The molecule has 1 N–H and O–H groups in total. The second kappa shape index (κ2) is 14.1. The van der Waals surface area contributed by atoms with Crippen LogP contribution in [0.15, 0.2) is 67.8 Å². The molecule has 3 aliphatic heterocycles. The van der Waals surface area contributed by atoms with Crippen LogP contribution < -0.4 is 14.5 Å². The van der Waals surface area contributed by atoms with Gasteiger partial charge in [-0.1, -0.05) is 57.5 Å². The highest BCUT2D eigenvalue weighted by atomic mass is 16.5. The number of aliphatic hydroxyl groups excluding tert-OH is 1. The molecule has 0 aromatic heterocycles. The van der Waals surface area contributed by atoms with Gasteiger partial charge in [0.2, 0.25) is 11.8 Å². The molecule has 9 heteroatoms. The third kappa shape index (κ3) is 5.78. The molecule has 49 heavy (non-hydrogen) atoms. The highest BCUT2D eigenvalue weighted by molar-refractivity contribution is 6.07. The molecular formula is C40H53N3O6. The third-order valence-corrected chi connectivity index (χ3v) is 11.4. The number of carbonyl (C=O) groups is 3. The minimum Gasteiger partial charge on any atom is -0.494 e. The minimum atomic E-state index is -1.28. The van der Waals surface area contributed by atoms with Crippen LogP contribution in [0.4, 0.5) is 11.4 Å². The average molecular weight is 672 g/mol. The second-order valence-corrected chi connectivity index (χ2v) is 14.2. The summed E-state index contributed by atoms with van der Waals surface area (Å²) in [5.41, 5.74) is 0.951. The Balaban J connectivity index is 1.68. The van der Waals surface area contributed by atoms with E-state index in [1.165, 1.54) is 0 Å². The van der Waals surface area contributed by atoms with E-state index in [2.05, 4.69) is 13.2 Å². The Kier molecular flexibility index (Phi) is 10.5. The quantitative estimate of drug-likeness (QED) is 0.253. The number of benzene rings is 2. The highest BCUT2D eigenvalue weighted by Crippen LogP contribution is 2.66. The third-order valence-electron chi connectivity index (χ3n) is 11.4. The number of hydrogen-bond donors (Lipinski definition) is 1. The maximum Gasteiger partial charge on any atom is 0.253 e. The lowest BCUT2D eigenvalue weighted by molar-refractivity contribution is -0.150. The van der Waals surface area contributed by atoms with Gasteiger partial charge in [-0.05, 0) is 81.3 Å². The number of anilines is 2. The Labute approximate surface area is 291 Å².